The molecular weight excluding hydrogens is 240 g/mol. The van der Waals surface area contributed by atoms with Crippen molar-refractivity contribution in [2.75, 3.05) is 14.1 Å². The number of hydrogen-bond donors (Lipinski definition) is 2. The van der Waals surface area contributed by atoms with Gasteiger partial charge >= 0.3 is 5.97 Å². The van der Waals surface area contributed by atoms with Gasteiger partial charge in [-0.25, -0.2) is 18.2 Å². The Morgan fingerprint density at radius 1 is 1.53 bits per heavy atom. The van der Waals surface area contributed by atoms with E-state index in [1.165, 1.54) is 24.5 Å². The van der Waals surface area contributed by atoms with Crippen LogP contribution in [-0.2, 0) is 10.0 Å². The summed E-state index contributed by atoms with van der Waals surface area (Å²) >= 11 is 0.869. The highest BCUT2D eigenvalue weighted by Crippen LogP contribution is 2.19. The molecule has 0 bridgehead atoms. The van der Waals surface area contributed by atoms with E-state index < -0.39 is 16.0 Å². The molecule has 1 aromatic rings. The Morgan fingerprint density at radius 3 is 2.53 bits per heavy atom. The molecule has 0 saturated heterocycles. The molecule has 0 atom stereocenters. The first-order valence-corrected chi connectivity index (χ1v) is 6.21. The van der Waals surface area contributed by atoms with Gasteiger partial charge < -0.3 is 5.11 Å². The quantitative estimate of drug-likeness (QED) is 0.745. The third-order valence-corrected chi connectivity index (χ3v) is 4.31. The Morgan fingerprint density at radius 2 is 2.13 bits per heavy atom. The van der Waals surface area contributed by atoms with Crippen molar-refractivity contribution in [3.05, 3.63) is 17.0 Å². The molecule has 6 nitrogen and oxygen atoms in total. The van der Waals surface area contributed by atoms with E-state index in [1.807, 2.05) is 0 Å². The minimum Gasteiger partial charge on any atom is -0.478 e. The molecular formula is C7H10N2O4S2. The third-order valence-electron chi connectivity index (χ3n) is 1.39. The molecule has 0 aliphatic rings. The van der Waals surface area contributed by atoms with Gasteiger partial charge in [-0.3, -0.25) is 0 Å². The maximum atomic E-state index is 11.5. The van der Waals surface area contributed by atoms with E-state index in [0.717, 1.165) is 17.4 Å². The molecule has 0 aliphatic carbocycles. The summed E-state index contributed by atoms with van der Waals surface area (Å²) in [6.45, 7) is 0. The second kappa shape index (κ2) is 4.27. The van der Waals surface area contributed by atoms with Crippen LogP contribution >= 0.6 is 11.3 Å². The molecule has 0 aliphatic heterocycles. The van der Waals surface area contributed by atoms with E-state index in [1.54, 1.807) is 0 Å². The Labute approximate surface area is 91.2 Å². The molecule has 0 radical (unpaired) electrons. The number of carbonyl (C=O) groups is 1. The van der Waals surface area contributed by atoms with Crippen LogP contribution in [-0.4, -0.2) is 38.6 Å². The topological polar surface area (TPSA) is 86.7 Å². The van der Waals surface area contributed by atoms with Crippen LogP contribution < -0.4 is 4.83 Å². The number of hydrazine groups is 1. The first kappa shape index (κ1) is 12.1. The Balaban J connectivity index is 3.01. The molecule has 0 aromatic carbocycles. The van der Waals surface area contributed by atoms with Crippen molar-refractivity contribution in [3.63, 3.8) is 0 Å². The number of rotatable bonds is 4. The van der Waals surface area contributed by atoms with E-state index in [-0.39, 0.29) is 9.77 Å². The summed E-state index contributed by atoms with van der Waals surface area (Å²) in [5.74, 6) is -1.14. The molecule has 0 fully saturated rings. The second-order valence-corrected chi connectivity index (χ2v) is 5.75. The lowest BCUT2D eigenvalue weighted by atomic mass is 10.4. The van der Waals surface area contributed by atoms with E-state index in [2.05, 4.69) is 4.83 Å². The molecule has 84 valence electrons. The molecule has 0 spiro atoms. The highest BCUT2D eigenvalue weighted by atomic mass is 32.2. The lowest BCUT2D eigenvalue weighted by Gasteiger charge is -2.10. The first-order valence-electron chi connectivity index (χ1n) is 3.84. The molecule has 8 heteroatoms. The lowest BCUT2D eigenvalue weighted by molar-refractivity contribution is 0.0697. The fourth-order valence-electron chi connectivity index (χ4n) is 0.855. The van der Waals surface area contributed by atoms with Gasteiger partial charge in [0.25, 0.3) is 10.0 Å². The molecule has 15 heavy (non-hydrogen) atoms. The van der Waals surface area contributed by atoms with Crippen LogP contribution in [0.3, 0.4) is 0 Å². The smallest absolute Gasteiger partial charge is 0.336 e. The number of thiophene rings is 1. The van der Waals surface area contributed by atoms with E-state index in [4.69, 9.17) is 5.11 Å². The zero-order valence-electron chi connectivity index (χ0n) is 8.09. The minimum atomic E-state index is -3.64. The van der Waals surface area contributed by atoms with Gasteiger partial charge in [0, 0.05) is 19.5 Å². The molecule has 0 saturated carbocycles. The summed E-state index contributed by atoms with van der Waals surface area (Å²) in [4.78, 5) is 12.8. The Bertz CT molecular complexity index is 463. The standard InChI is InChI=1S/C7H10N2O4S2/c1-9(2)8-15(12,13)6-3-5(4-14-6)7(10)11/h3-4,8H,1-2H3,(H,10,11). The summed E-state index contributed by atoms with van der Waals surface area (Å²) in [5.41, 5.74) is -0.0286. The fourth-order valence-corrected chi connectivity index (χ4v) is 3.08. The predicted octanol–water partition coefficient (Wildman–Crippen LogP) is 0.201. The lowest BCUT2D eigenvalue weighted by Crippen LogP contribution is -2.35. The Hall–Kier alpha value is -0.960. The maximum absolute atomic E-state index is 11.5. The van der Waals surface area contributed by atoms with Gasteiger partial charge in [-0.15, -0.1) is 16.2 Å². The number of hydrogen-bond acceptors (Lipinski definition) is 5. The average molecular weight is 250 g/mol. The van der Waals surface area contributed by atoms with Crippen LogP contribution in [0, 0.1) is 0 Å². The van der Waals surface area contributed by atoms with E-state index in [9.17, 15) is 13.2 Å². The van der Waals surface area contributed by atoms with Gasteiger partial charge in [-0.05, 0) is 6.07 Å². The molecule has 2 N–H and O–H groups in total. The number of sulfonamides is 1. The number of nitrogens with one attached hydrogen (secondary N) is 1. The van der Waals surface area contributed by atoms with Crippen LogP contribution in [0.1, 0.15) is 10.4 Å². The summed E-state index contributed by atoms with van der Waals surface area (Å²) in [7, 11) is -0.579. The zero-order valence-corrected chi connectivity index (χ0v) is 9.72. The van der Waals surface area contributed by atoms with Crippen LogP contribution in [0.5, 0.6) is 0 Å². The summed E-state index contributed by atoms with van der Waals surface area (Å²) in [6.07, 6.45) is 0. The van der Waals surface area contributed by atoms with Crippen LogP contribution in [0.25, 0.3) is 0 Å². The predicted molar refractivity (Wildman–Crippen MR) is 55.3 cm³/mol. The molecule has 1 aromatic heterocycles. The number of nitrogens with zero attached hydrogens (tertiary/aromatic N) is 1. The Kier molecular flexibility index (Phi) is 3.45. The van der Waals surface area contributed by atoms with Gasteiger partial charge in [0.15, 0.2) is 0 Å². The number of carboxylic acid groups (broad SMARTS) is 1. The van der Waals surface area contributed by atoms with Crippen molar-refractivity contribution in [3.8, 4) is 0 Å². The van der Waals surface area contributed by atoms with Gasteiger partial charge in [-0.2, -0.15) is 0 Å². The van der Waals surface area contributed by atoms with Crippen molar-refractivity contribution in [2.45, 2.75) is 4.21 Å². The van der Waals surface area contributed by atoms with Gasteiger partial charge in [0.05, 0.1) is 5.56 Å². The molecule has 0 amide bonds. The van der Waals surface area contributed by atoms with Crippen molar-refractivity contribution in [1.82, 2.24) is 9.84 Å². The van der Waals surface area contributed by atoms with E-state index in [0.29, 0.717) is 0 Å². The summed E-state index contributed by atoms with van der Waals surface area (Å²) in [6, 6.07) is 1.12. The highest BCUT2D eigenvalue weighted by Gasteiger charge is 2.19. The number of aromatic carboxylic acids is 1. The largest absolute Gasteiger partial charge is 0.478 e. The van der Waals surface area contributed by atoms with Gasteiger partial charge in [0.2, 0.25) is 0 Å². The van der Waals surface area contributed by atoms with Crippen LogP contribution in [0.4, 0.5) is 0 Å². The molecule has 1 heterocycles. The van der Waals surface area contributed by atoms with Crippen molar-refractivity contribution < 1.29 is 18.3 Å². The SMILES string of the molecule is CN(C)NS(=O)(=O)c1cc(C(=O)O)cs1. The normalized spacial score (nSPS) is 11.9. The first-order chi connectivity index (χ1) is 6.83. The summed E-state index contributed by atoms with van der Waals surface area (Å²) < 4.78 is 23.1. The molecule has 0 unspecified atom stereocenters. The van der Waals surface area contributed by atoms with E-state index >= 15 is 0 Å². The maximum Gasteiger partial charge on any atom is 0.336 e. The second-order valence-electron chi connectivity index (χ2n) is 2.95. The van der Waals surface area contributed by atoms with Crippen molar-refractivity contribution >= 4 is 27.3 Å². The van der Waals surface area contributed by atoms with Crippen molar-refractivity contribution in [2.24, 2.45) is 0 Å². The minimum absolute atomic E-state index is 0.0198. The third kappa shape index (κ3) is 2.99. The average Bonchev–Trinajstić information content (AvgIpc) is 2.48. The number of carboxylic acids is 1. The van der Waals surface area contributed by atoms with Crippen LogP contribution in [0.2, 0.25) is 0 Å². The van der Waals surface area contributed by atoms with Gasteiger partial charge in [0.1, 0.15) is 4.21 Å². The monoisotopic (exact) mass is 250 g/mol. The fraction of sp³-hybridized carbons (Fsp3) is 0.286. The highest BCUT2D eigenvalue weighted by molar-refractivity contribution is 7.91. The summed E-state index contributed by atoms with van der Waals surface area (Å²) in [5, 5.41) is 11.2. The molecule has 1 rings (SSSR count). The van der Waals surface area contributed by atoms with Crippen LogP contribution in [0.15, 0.2) is 15.7 Å². The van der Waals surface area contributed by atoms with Gasteiger partial charge in [-0.1, -0.05) is 0 Å². The van der Waals surface area contributed by atoms with Crippen molar-refractivity contribution in [1.29, 1.82) is 0 Å². The zero-order chi connectivity index (χ0) is 11.6.